The molecule has 24 heavy (non-hydrogen) atoms. The van der Waals surface area contributed by atoms with Gasteiger partial charge in [-0.2, -0.15) is 0 Å². The van der Waals surface area contributed by atoms with Gasteiger partial charge in [-0.05, 0) is 12.0 Å². The van der Waals surface area contributed by atoms with Crippen LogP contribution < -0.4 is 9.88 Å². The van der Waals surface area contributed by atoms with Crippen molar-refractivity contribution >= 4 is 5.91 Å². The first-order valence-electron chi connectivity index (χ1n) is 8.28. The van der Waals surface area contributed by atoms with Crippen molar-refractivity contribution in [1.82, 2.24) is 5.32 Å². The molecule has 0 aliphatic heterocycles. The van der Waals surface area contributed by atoms with Crippen molar-refractivity contribution in [3.8, 4) is 0 Å². The van der Waals surface area contributed by atoms with Gasteiger partial charge in [0.2, 0.25) is 5.91 Å². The molecule has 0 unspecified atom stereocenters. The zero-order chi connectivity index (χ0) is 17.2. The zero-order valence-corrected chi connectivity index (χ0v) is 13.7. The van der Waals surface area contributed by atoms with Crippen LogP contribution in [0.25, 0.3) is 0 Å². The maximum Gasteiger partial charge on any atom is 0.220 e. The van der Waals surface area contributed by atoms with Crippen molar-refractivity contribution in [2.45, 2.75) is 38.0 Å². The average molecular weight is 329 g/mol. The monoisotopic (exact) mass is 329 g/mol. The summed E-state index contributed by atoms with van der Waals surface area (Å²) in [5.74, 6) is -0.151. The fraction of sp³-hybridized carbons (Fsp3) is 0.368. The number of aliphatic hydroxyl groups excluding tert-OH is 2. The Bertz CT molecular complexity index is 605. The van der Waals surface area contributed by atoms with Crippen molar-refractivity contribution in [3.05, 3.63) is 66.5 Å². The summed E-state index contributed by atoms with van der Waals surface area (Å²) in [7, 11) is 0. The third kappa shape index (κ3) is 5.76. The summed E-state index contributed by atoms with van der Waals surface area (Å²) in [4.78, 5) is 12.0. The van der Waals surface area contributed by atoms with Gasteiger partial charge in [-0.1, -0.05) is 36.4 Å². The number of benzene rings is 1. The van der Waals surface area contributed by atoms with Crippen molar-refractivity contribution < 1.29 is 19.6 Å². The van der Waals surface area contributed by atoms with Crippen LogP contribution in [-0.2, 0) is 11.3 Å². The van der Waals surface area contributed by atoms with E-state index in [0.717, 1.165) is 19.4 Å². The summed E-state index contributed by atoms with van der Waals surface area (Å²) >= 11 is 0. The van der Waals surface area contributed by atoms with E-state index in [2.05, 4.69) is 9.88 Å². The highest BCUT2D eigenvalue weighted by Gasteiger charge is 2.21. The lowest BCUT2D eigenvalue weighted by molar-refractivity contribution is -0.697. The van der Waals surface area contributed by atoms with Gasteiger partial charge < -0.3 is 15.5 Å². The van der Waals surface area contributed by atoms with E-state index >= 15 is 0 Å². The SMILES string of the molecule is O=C(CCCC[n+]1ccccc1)N[C@H](CO)[C@@H](O)c1ccccc1. The molecule has 5 nitrogen and oxygen atoms in total. The van der Waals surface area contributed by atoms with Gasteiger partial charge in [0.15, 0.2) is 12.4 Å². The molecule has 1 heterocycles. The summed E-state index contributed by atoms with van der Waals surface area (Å²) < 4.78 is 2.08. The zero-order valence-electron chi connectivity index (χ0n) is 13.7. The number of nitrogens with zero attached hydrogens (tertiary/aromatic N) is 1. The Kier molecular flexibility index (Phi) is 7.39. The number of hydrogen-bond acceptors (Lipinski definition) is 3. The van der Waals surface area contributed by atoms with E-state index in [1.807, 2.05) is 48.8 Å². The number of aromatic nitrogens is 1. The lowest BCUT2D eigenvalue weighted by Crippen LogP contribution is -2.42. The molecular formula is C19H25N2O3+. The molecule has 0 saturated carbocycles. The average Bonchev–Trinajstić information content (AvgIpc) is 2.64. The number of pyridine rings is 1. The predicted octanol–water partition coefficient (Wildman–Crippen LogP) is 1.36. The Labute approximate surface area is 142 Å². The first-order chi connectivity index (χ1) is 11.7. The second-order valence-electron chi connectivity index (χ2n) is 5.78. The molecule has 3 N–H and O–H groups in total. The predicted molar refractivity (Wildman–Crippen MR) is 90.9 cm³/mol. The van der Waals surface area contributed by atoms with Gasteiger partial charge in [-0.3, -0.25) is 4.79 Å². The second-order valence-corrected chi connectivity index (χ2v) is 5.78. The first kappa shape index (κ1) is 18.1. The lowest BCUT2D eigenvalue weighted by Gasteiger charge is -2.22. The smallest absolute Gasteiger partial charge is 0.220 e. The lowest BCUT2D eigenvalue weighted by atomic mass is 10.0. The minimum Gasteiger partial charge on any atom is -0.394 e. The maximum absolute atomic E-state index is 12.0. The molecule has 0 saturated heterocycles. The maximum atomic E-state index is 12.0. The molecule has 2 aromatic rings. The third-order valence-electron chi connectivity index (χ3n) is 3.91. The summed E-state index contributed by atoms with van der Waals surface area (Å²) in [6, 6.07) is 14.3. The van der Waals surface area contributed by atoms with Crippen LogP contribution in [0.3, 0.4) is 0 Å². The van der Waals surface area contributed by atoms with Gasteiger partial charge in [0.1, 0.15) is 12.6 Å². The summed E-state index contributed by atoms with van der Waals surface area (Å²) in [6.07, 6.45) is 5.11. The minimum absolute atomic E-state index is 0.151. The molecule has 128 valence electrons. The van der Waals surface area contributed by atoms with Crippen molar-refractivity contribution in [3.63, 3.8) is 0 Å². The molecule has 0 fully saturated rings. The third-order valence-corrected chi connectivity index (χ3v) is 3.91. The summed E-state index contributed by atoms with van der Waals surface area (Å²) in [5.41, 5.74) is 0.678. The van der Waals surface area contributed by atoms with E-state index in [4.69, 9.17) is 0 Å². The summed E-state index contributed by atoms with van der Waals surface area (Å²) in [5, 5.41) is 22.4. The number of carbonyl (C=O) groups is 1. The molecule has 5 heteroatoms. The van der Waals surface area contributed by atoms with Crippen LogP contribution in [0.2, 0.25) is 0 Å². The number of hydrogen-bond donors (Lipinski definition) is 3. The fourth-order valence-electron chi connectivity index (χ4n) is 2.55. The van der Waals surface area contributed by atoms with Crippen LogP contribution in [0.1, 0.15) is 30.9 Å². The Morgan fingerprint density at radius 2 is 1.71 bits per heavy atom. The topological polar surface area (TPSA) is 73.4 Å². The van der Waals surface area contributed by atoms with Crippen LogP contribution in [0.5, 0.6) is 0 Å². The summed E-state index contributed by atoms with van der Waals surface area (Å²) in [6.45, 7) is 0.561. The molecule has 0 aliphatic carbocycles. The van der Waals surface area contributed by atoms with Gasteiger partial charge in [0, 0.05) is 25.0 Å². The van der Waals surface area contributed by atoms with Crippen LogP contribution in [-0.4, -0.2) is 28.8 Å². The fourth-order valence-corrected chi connectivity index (χ4v) is 2.55. The number of rotatable bonds is 9. The quantitative estimate of drug-likeness (QED) is 0.480. The van der Waals surface area contributed by atoms with E-state index in [1.54, 1.807) is 12.1 Å². The molecular weight excluding hydrogens is 304 g/mol. The Morgan fingerprint density at radius 1 is 1.04 bits per heavy atom. The van der Waals surface area contributed by atoms with Crippen LogP contribution in [0.15, 0.2) is 60.9 Å². The Hall–Kier alpha value is -2.24. The highest BCUT2D eigenvalue weighted by atomic mass is 16.3. The molecule has 0 spiro atoms. The van der Waals surface area contributed by atoms with E-state index < -0.39 is 12.1 Å². The number of aliphatic hydroxyl groups is 2. The highest BCUT2D eigenvalue weighted by Crippen LogP contribution is 2.16. The van der Waals surface area contributed by atoms with Gasteiger partial charge in [-0.15, -0.1) is 0 Å². The molecule has 2 atom stereocenters. The minimum atomic E-state index is -0.917. The van der Waals surface area contributed by atoms with Crippen LogP contribution in [0.4, 0.5) is 0 Å². The van der Waals surface area contributed by atoms with E-state index in [9.17, 15) is 15.0 Å². The second kappa shape index (κ2) is 9.80. The molecule has 1 amide bonds. The molecule has 0 aliphatic rings. The molecule has 2 rings (SSSR count). The Morgan fingerprint density at radius 3 is 2.38 bits per heavy atom. The number of amides is 1. The van der Waals surface area contributed by atoms with Gasteiger partial charge in [-0.25, -0.2) is 4.57 Å². The van der Waals surface area contributed by atoms with Crippen LogP contribution in [0, 0.1) is 0 Å². The normalized spacial score (nSPS) is 13.2. The van der Waals surface area contributed by atoms with Gasteiger partial charge in [0.05, 0.1) is 12.6 Å². The Balaban J connectivity index is 1.73. The van der Waals surface area contributed by atoms with Crippen molar-refractivity contribution in [2.24, 2.45) is 0 Å². The van der Waals surface area contributed by atoms with Crippen LogP contribution >= 0.6 is 0 Å². The first-order valence-corrected chi connectivity index (χ1v) is 8.28. The number of carbonyl (C=O) groups excluding carboxylic acids is 1. The van der Waals surface area contributed by atoms with Gasteiger partial charge >= 0.3 is 0 Å². The van der Waals surface area contributed by atoms with Crippen molar-refractivity contribution in [1.29, 1.82) is 0 Å². The molecule has 1 aromatic carbocycles. The molecule has 1 aromatic heterocycles. The molecule has 0 bridgehead atoms. The van der Waals surface area contributed by atoms with Crippen molar-refractivity contribution in [2.75, 3.05) is 6.61 Å². The van der Waals surface area contributed by atoms with E-state index in [-0.39, 0.29) is 12.5 Å². The van der Waals surface area contributed by atoms with E-state index in [0.29, 0.717) is 12.0 Å². The standard InChI is InChI=1S/C19H24N2O3/c22-15-17(19(24)16-9-3-1-4-10-16)20-18(23)11-5-8-14-21-12-6-2-7-13-21/h1-4,6-7,9-10,12-13,17,19,22,24H,5,8,11,14-15H2/p+1/t17-,19+/m1/s1. The highest BCUT2D eigenvalue weighted by molar-refractivity contribution is 5.76. The van der Waals surface area contributed by atoms with Gasteiger partial charge in [0.25, 0.3) is 0 Å². The number of unbranched alkanes of at least 4 members (excludes halogenated alkanes) is 1. The number of nitrogens with one attached hydrogen (secondary N) is 1. The van der Waals surface area contributed by atoms with E-state index in [1.165, 1.54) is 0 Å². The number of aryl methyl sites for hydroxylation is 1. The largest absolute Gasteiger partial charge is 0.394 e. The molecule has 0 radical (unpaired) electrons.